The molecular weight excluding hydrogens is 416 g/mol. The van der Waals surface area contributed by atoms with Crippen molar-refractivity contribution < 1.29 is 23.7 Å². The predicted octanol–water partition coefficient (Wildman–Crippen LogP) is 4.01. The average molecular weight is 432 g/mol. The Morgan fingerprint density at radius 2 is 2.03 bits per heavy atom. The van der Waals surface area contributed by atoms with Crippen molar-refractivity contribution in [2.45, 2.75) is 13.3 Å². The van der Waals surface area contributed by atoms with Crippen molar-refractivity contribution in [2.75, 3.05) is 13.2 Å². The van der Waals surface area contributed by atoms with Gasteiger partial charge in [-0.3, -0.25) is 24.6 Å². The van der Waals surface area contributed by atoms with Crippen LogP contribution in [0, 0.1) is 10.1 Å². The number of carbonyl (C=O) groups is 2. The van der Waals surface area contributed by atoms with Gasteiger partial charge in [-0.25, -0.2) is 0 Å². The zero-order chi connectivity index (χ0) is 21.0. The number of hydrogen-bond acceptors (Lipinski definition) is 8. The average Bonchev–Trinajstić information content (AvgIpc) is 3.26. The van der Waals surface area contributed by atoms with Gasteiger partial charge in [0.15, 0.2) is 0 Å². The zero-order valence-electron chi connectivity index (χ0n) is 15.3. The van der Waals surface area contributed by atoms with Crippen LogP contribution in [0.3, 0.4) is 0 Å². The molecular formula is C19H16N2O6S2. The summed E-state index contributed by atoms with van der Waals surface area (Å²) >= 11 is 6.37. The highest BCUT2D eigenvalue weighted by Gasteiger charge is 2.32. The molecule has 2 aromatic rings. The molecule has 1 amide bonds. The van der Waals surface area contributed by atoms with Crippen LogP contribution in [0.4, 0.5) is 5.69 Å². The van der Waals surface area contributed by atoms with E-state index in [1.807, 2.05) is 0 Å². The normalized spacial score (nSPS) is 15.2. The SMILES string of the molecule is CCOC(=O)CCN1C(=O)/C(=C\c2ccc(-c3ccc([N+](=O)[O-])cc3)o2)SC1=S. The van der Waals surface area contributed by atoms with E-state index in [0.29, 0.717) is 26.3 Å². The van der Waals surface area contributed by atoms with E-state index in [9.17, 15) is 19.7 Å². The van der Waals surface area contributed by atoms with E-state index in [1.165, 1.54) is 17.0 Å². The molecule has 1 aliphatic rings. The number of hydrogen-bond donors (Lipinski definition) is 0. The summed E-state index contributed by atoms with van der Waals surface area (Å²) in [7, 11) is 0. The quantitative estimate of drug-likeness (QED) is 0.213. The molecule has 8 nitrogen and oxygen atoms in total. The number of nitro benzene ring substituents is 1. The Hall–Kier alpha value is -2.98. The molecule has 0 unspecified atom stereocenters. The summed E-state index contributed by atoms with van der Waals surface area (Å²) in [6, 6.07) is 9.39. The standard InChI is InChI=1S/C19H16N2O6S2/c1-2-26-17(22)9-10-20-18(23)16(29-19(20)28)11-14-7-8-15(27-14)12-3-5-13(6-4-12)21(24)25/h3-8,11H,2,9-10H2,1H3/b16-11+. The second-order valence-corrected chi connectivity index (χ2v) is 7.57. The van der Waals surface area contributed by atoms with Crippen LogP contribution >= 0.6 is 24.0 Å². The zero-order valence-corrected chi connectivity index (χ0v) is 17.0. The molecule has 0 spiro atoms. The predicted molar refractivity (Wildman–Crippen MR) is 112 cm³/mol. The number of non-ortho nitro benzene ring substituents is 1. The number of esters is 1. The number of benzene rings is 1. The number of thioether (sulfide) groups is 1. The topological polar surface area (TPSA) is 103 Å². The Morgan fingerprint density at radius 1 is 1.31 bits per heavy atom. The molecule has 1 fully saturated rings. The van der Waals surface area contributed by atoms with Gasteiger partial charge in [0, 0.05) is 30.3 Å². The van der Waals surface area contributed by atoms with Gasteiger partial charge in [-0.05, 0) is 31.2 Å². The maximum absolute atomic E-state index is 12.6. The Bertz CT molecular complexity index is 996. The first-order valence-electron chi connectivity index (χ1n) is 8.64. The van der Waals surface area contributed by atoms with Gasteiger partial charge < -0.3 is 9.15 Å². The van der Waals surface area contributed by atoms with E-state index >= 15 is 0 Å². The summed E-state index contributed by atoms with van der Waals surface area (Å²) in [4.78, 5) is 36.1. The first-order chi connectivity index (χ1) is 13.9. The van der Waals surface area contributed by atoms with E-state index in [1.54, 1.807) is 37.3 Å². The smallest absolute Gasteiger partial charge is 0.307 e. The number of carbonyl (C=O) groups excluding carboxylic acids is 2. The number of nitro groups is 1. The lowest BCUT2D eigenvalue weighted by atomic mass is 10.1. The number of rotatable bonds is 7. The molecule has 0 bridgehead atoms. The summed E-state index contributed by atoms with van der Waals surface area (Å²) in [5.74, 6) is 0.287. The van der Waals surface area contributed by atoms with Crippen LogP contribution in [0.2, 0.25) is 0 Å². The van der Waals surface area contributed by atoms with Gasteiger partial charge in [0.1, 0.15) is 15.8 Å². The Labute approximate surface area is 175 Å². The third kappa shape index (κ3) is 4.90. The lowest BCUT2D eigenvalue weighted by molar-refractivity contribution is -0.384. The minimum atomic E-state index is -0.471. The van der Waals surface area contributed by atoms with Crippen molar-refractivity contribution >= 4 is 51.9 Å². The van der Waals surface area contributed by atoms with E-state index in [0.717, 1.165) is 11.8 Å². The summed E-state index contributed by atoms with van der Waals surface area (Å²) in [6.07, 6.45) is 1.65. The summed E-state index contributed by atoms with van der Waals surface area (Å²) in [5, 5.41) is 10.7. The molecule has 29 heavy (non-hydrogen) atoms. The Balaban J connectivity index is 1.71. The Kier molecular flexibility index (Phi) is 6.45. The molecule has 150 valence electrons. The van der Waals surface area contributed by atoms with Crippen LogP contribution in [-0.2, 0) is 14.3 Å². The van der Waals surface area contributed by atoms with Crippen molar-refractivity contribution in [3.05, 3.63) is 57.2 Å². The van der Waals surface area contributed by atoms with Crippen LogP contribution in [-0.4, -0.2) is 39.2 Å². The molecule has 10 heteroatoms. The van der Waals surface area contributed by atoms with Gasteiger partial charge in [0.25, 0.3) is 11.6 Å². The first kappa shape index (κ1) is 20.7. The highest BCUT2D eigenvalue weighted by molar-refractivity contribution is 8.26. The minimum absolute atomic E-state index is 0.00739. The van der Waals surface area contributed by atoms with Gasteiger partial charge >= 0.3 is 5.97 Å². The van der Waals surface area contributed by atoms with E-state index in [4.69, 9.17) is 21.4 Å². The van der Waals surface area contributed by atoms with Crippen LogP contribution in [0.25, 0.3) is 17.4 Å². The third-order valence-electron chi connectivity index (χ3n) is 3.98. The molecule has 0 N–H and O–H groups in total. The second-order valence-electron chi connectivity index (χ2n) is 5.89. The van der Waals surface area contributed by atoms with Crippen molar-refractivity contribution in [1.29, 1.82) is 0 Å². The lowest BCUT2D eigenvalue weighted by Crippen LogP contribution is -2.30. The third-order valence-corrected chi connectivity index (χ3v) is 5.36. The van der Waals surface area contributed by atoms with E-state index in [2.05, 4.69) is 0 Å². The number of thiocarbonyl (C=S) groups is 1. The number of nitrogens with zero attached hydrogens (tertiary/aromatic N) is 2. The van der Waals surface area contributed by atoms with Crippen molar-refractivity contribution in [2.24, 2.45) is 0 Å². The molecule has 1 saturated heterocycles. The molecule has 3 rings (SSSR count). The fourth-order valence-electron chi connectivity index (χ4n) is 2.59. The molecule has 1 aromatic heterocycles. The molecule has 0 aliphatic carbocycles. The number of furan rings is 1. The van der Waals surface area contributed by atoms with Crippen LogP contribution in [0.1, 0.15) is 19.1 Å². The van der Waals surface area contributed by atoms with Crippen LogP contribution in [0.5, 0.6) is 0 Å². The minimum Gasteiger partial charge on any atom is -0.466 e. The highest BCUT2D eigenvalue weighted by Crippen LogP contribution is 2.34. The number of amides is 1. The summed E-state index contributed by atoms with van der Waals surface area (Å²) in [6.45, 7) is 2.16. The number of ether oxygens (including phenoxy) is 1. The van der Waals surface area contributed by atoms with Crippen molar-refractivity contribution in [3.63, 3.8) is 0 Å². The fraction of sp³-hybridized carbons (Fsp3) is 0.211. The van der Waals surface area contributed by atoms with Crippen molar-refractivity contribution in [1.82, 2.24) is 4.90 Å². The van der Waals surface area contributed by atoms with E-state index in [-0.39, 0.29) is 37.1 Å². The monoisotopic (exact) mass is 432 g/mol. The molecule has 1 aliphatic heterocycles. The molecule has 0 atom stereocenters. The van der Waals surface area contributed by atoms with Crippen molar-refractivity contribution in [3.8, 4) is 11.3 Å². The highest BCUT2D eigenvalue weighted by atomic mass is 32.2. The molecule has 0 radical (unpaired) electrons. The molecule has 2 heterocycles. The van der Waals surface area contributed by atoms with Gasteiger partial charge in [-0.2, -0.15) is 0 Å². The van der Waals surface area contributed by atoms with Gasteiger partial charge in [0.05, 0.1) is 22.9 Å². The first-order valence-corrected chi connectivity index (χ1v) is 9.87. The van der Waals surface area contributed by atoms with Crippen LogP contribution < -0.4 is 0 Å². The lowest BCUT2D eigenvalue weighted by Gasteiger charge is -2.13. The van der Waals surface area contributed by atoms with Gasteiger partial charge in [-0.15, -0.1) is 0 Å². The maximum Gasteiger partial charge on any atom is 0.307 e. The van der Waals surface area contributed by atoms with Gasteiger partial charge in [-0.1, -0.05) is 24.0 Å². The maximum atomic E-state index is 12.6. The van der Waals surface area contributed by atoms with Gasteiger partial charge in [0.2, 0.25) is 0 Å². The molecule has 0 saturated carbocycles. The summed E-state index contributed by atoms with van der Waals surface area (Å²) < 4.78 is 11.0. The van der Waals surface area contributed by atoms with Crippen LogP contribution in [0.15, 0.2) is 45.7 Å². The molecule has 1 aromatic carbocycles. The summed E-state index contributed by atoms with van der Waals surface area (Å²) in [5.41, 5.74) is 0.671. The Morgan fingerprint density at radius 3 is 2.69 bits per heavy atom. The second kappa shape index (κ2) is 9.01. The largest absolute Gasteiger partial charge is 0.466 e. The van der Waals surface area contributed by atoms with E-state index < -0.39 is 4.92 Å². The fourth-order valence-corrected chi connectivity index (χ4v) is 3.88.